The minimum atomic E-state index is -0.800. The van der Waals surface area contributed by atoms with Crippen molar-refractivity contribution in [2.45, 2.75) is 24.9 Å². The van der Waals surface area contributed by atoms with Crippen molar-refractivity contribution < 1.29 is 9.90 Å². The Balaban J connectivity index is 2.12. The van der Waals surface area contributed by atoms with Crippen LogP contribution in [0.2, 0.25) is 0 Å². The molecular weight excluding hydrogens is 266 g/mol. The number of carbonyl (C=O) groups is 1. The average molecular weight is 276 g/mol. The smallest absolute Gasteiger partial charge is 0.326 e. The zero-order valence-electron chi connectivity index (χ0n) is 7.37. The van der Waals surface area contributed by atoms with Crippen molar-refractivity contribution in [3.05, 3.63) is 20.8 Å². The summed E-state index contributed by atoms with van der Waals surface area (Å²) < 4.78 is 0.969. The third kappa shape index (κ3) is 2.34. The molecule has 0 radical (unpaired) electrons. The second-order valence-corrected chi connectivity index (χ2v) is 5.85. The first-order valence-corrected chi connectivity index (χ1v) is 6.02. The summed E-state index contributed by atoms with van der Waals surface area (Å²) in [4.78, 5) is 11.9. The summed E-state index contributed by atoms with van der Waals surface area (Å²) in [7, 11) is 0. The van der Waals surface area contributed by atoms with Crippen LogP contribution in [0.4, 0.5) is 0 Å². The lowest BCUT2D eigenvalue weighted by atomic mass is 10.2. The molecule has 3 nitrogen and oxygen atoms in total. The first-order chi connectivity index (χ1) is 6.66. The Bertz CT molecular complexity index is 348. The van der Waals surface area contributed by atoms with E-state index < -0.39 is 12.0 Å². The molecule has 1 aromatic rings. The van der Waals surface area contributed by atoms with Crippen LogP contribution < -0.4 is 5.32 Å². The molecule has 0 aromatic carbocycles. The van der Waals surface area contributed by atoms with E-state index in [2.05, 4.69) is 21.2 Å². The van der Waals surface area contributed by atoms with Gasteiger partial charge in [0.2, 0.25) is 0 Å². The van der Waals surface area contributed by atoms with Crippen molar-refractivity contribution in [1.82, 2.24) is 5.32 Å². The van der Waals surface area contributed by atoms with Crippen LogP contribution in [-0.2, 0) is 4.79 Å². The lowest BCUT2D eigenvalue weighted by Crippen LogP contribution is -2.29. The molecule has 1 aliphatic rings. The third-order valence-electron chi connectivity index (χ3n) is 2.11. The fourth-order valence-electron chi connectivity index (χ4n) is 1.24. The van der Waals surface area contributed by atoms with Crippen molar-refractivity contribution in [2.75, 3.05) is 0 Å². The van der Waals surface area contributed by atoms with E-state index in [0.29, 0.717) is 6.04 Å². The van der Waals surface area contributed by atoms with E-state index in [1.165, 1.54) is 11.3 Å². The fourth-order valence-corrected chi connectivity index (χ4v) is 2.72. The predicted molar refractivity (Wildman–Crippen MR) is 58.6 cm³/mol. The first kappa shape index (κ1) is 10.1. The van der Waals surface area contributed by atoms with E-state index in [9.17, 15) is 4.79 Å². The quantitative estimate of drug-likeness (QED) is 0.887. The Kier molecular flexibility index (Phi) is 2.90. The summed E-state index contributed by atoms with van der Waals surface area (Å²) in [5, 5.41) is 12.2. The summed E-state index contributed by atoms with van der Waals surface area (Å²) in [6.45, 7) is 0. The molecule has 1 unspecified atom stereocenters. The van der Waals surface area contributed by atoms with E-state index in [0.717, 1.165) is 21.5 Å². The van der Waals surface area contributed by atoms with Gasteiger partial charge in [0.05, 0.1) is 3.79 Å². The molecule has 0 bridgehead atoms. The van der Waals surface area contributed by atoms with Gasteiger partial charge in [0.15, 0.2) is 0 Å². The maximum atomic E-state index is 11.0. The van der Waals surface area contributed by atoms with Crippen LogP contribution >= 0.6 is 27.3 Å². The molecule has 1 fully saturated rings. The lowest BCUT2D eigenvalue weighted by Gasteiger charge is -2.11. The molecule has 2 rings (SSSR count). The highest BCUT2D eigenvalue weighted by atomic mass is 79.9. The number of halogens is 1. The van der Waals surface area contributed by atoms with Crippen molar-refractivity contribution in [3.63, 3.8) is 0 Å². The Morgan fingerprint density at radius 2 is 2.36 bits per heavy atom. The van der Waals surface area contributed by atoms with Crippen LogP contribution in [-0.4, -0.2) is 17.1 Å². The molecule has 1 heterocycles. The molecule has 1 aromatic heterocycles. The van der Waals surface area contributed by atoms with Gasteiger partial charge in [0.1, 0.15) is 6.04 Å². The van der Waals surface area contributed by atoms with Crippen LogP contribution in [0, 0.1) is 0 Å². The Morgan fingerprint density at radius 3 is 2.79 bits per heavy atom. The van der Waals surface area contributed by atoms with Gasteiger partial charge >= 0.3 is 5.97 Å². The number of carboxylic acid groups (broad SMARTS) is 1. The van der Waals surface area contributed by atoms with E-state index in [1.54, 1.807) is 0 Å². The van der Waals surface area contributed by atoms with E-state index in [4.69, 9.17) is 5.11 Å². The molecule has 14 heavy (non-hydrogen) atoms. The number of hydrogen-bond acceptors (Lipinski definition) is 3. The highest BCUT2D eigenvalue weighted by Gasteiger charge is 2.29. The minimum Gasteiger partial charge on any atom is -0.480 e. The number of carboxylic acids is 1. The predicted octanol–water partition coefficient (Wildman–Crippen LogP) is 2.39. The van der Waals surface area contributed by atoms with Gasteiger partial charge in [-0.3, -0.25) is 10.1 Å². The monoisotopic (exact) mass is 275 g/mol. The maximum absolute atomic E-state index is 11.0. The summed E-state index contributed by atoms with van der Waals surface area (Å²) >= 11 is 4.80. The van der Waals surface area contributed by atoms with Gasteiger partial charge in [-0.15, -0.1) is 11.3 Å². The third-order valence-corrected chi connectivity index (χ3v) is 3.79. The largest absolute Gasteiger partial charge is 0.480 e. The average Bonchev–Trinajstić information content (AvgIpc) is 2.84. The second kappa shape index (κ2) is 4.00. The van der Waals surface area contributed by atoms with Gasteiger partial charge in [-0.05, 0) is 40.9 Å². The number of aliphatic carboxylic acids is 1. The van der Waals surface area contributed by atoms with Gasteiger partial charge in [0.25, 0.3) is 0 Å². The van der Waals surface area contributed by atoms with Crippen LogP contribution in [0.3, 0.4) is 0 Å². The molecule has 0 spiro atoms. The normalized spacial score (nSPS) is 18.1. The standard InChI is InChI=1S/C9H10BrNO2S/c10-7-4-3-6(14-7)8(9(12)13)11-5-1-2-5/h3-5,8,11H,1-2H2,(H,12,13). The number of nitrogens with one attached hydrogen (secondary N) is 1. The first-order valence-electron chi connectivity index (χ1n) is 4.41. The van der Waals surface area contributed by atoms with Crippen LogP contribution in [0.15, 0.2) is 15.9 Å². The second-order valence-electron chi connectivity index (χ2n) is 3.35. The Morgan fingerprint density at radius 1 is 1.64 bits per heavy atom. The van der Waals surface area contributed by atoms with Crippen molar-refractivity contribution >= 4 is 33.2 Å². The van der Waals surface area contributed by atoms with Crippen LogP contribution in [0.5, 0.6) is 0 Å². The number of thiophene rings is 1. The SMILES string of the molecule is O=C(O)C(NC1CC1)c1ccc(Br)s1. The molecule has 1 saturated carbocycles. The van der Waals surface area contributed by atoms with Crippen LogP contribution in [0.25, 0.3) is 0 Å². The number of rotatable bonds is 4. The lowest BCUT2D eigenvalue weighted by molar-refractivity contribution is -0.139. The Labute approximate surface area is 94.3 Å². The summed E-state index contributed by atoms with van der Waals surface area (Å²) in [6, 6.07) is 3.59. The zero-order valence-corrected chi connectivity index (χ0v) is 9.77. The summed E-state index contributed by atoms with van der Waals surface area (Å²) in [5.74, 6) is -0.800. The maximum Gasteiger partial charge on any atom is 0.326 e. The molecule has 0 aliphatic heterocycles. The van der Waals surface area contributed by atoms with Gasteiger partial charge < -0.3 is 5.11 Å². The Hall–Kier alpha value is -0.390. The van der Waals surface area contributed by atoms with Crippen molar-refractivity contribution in [3.8, 4) is 0 Å². The molecule has 76 valence electrons. The van der Waals surface area contributed by atoms with Crippen molar-refractivity contribution in [2.24, 2.45) is 0 Å². The van der Waals surface area contributed by atoms with Gasteiger partial charge in [-0.2, -0.15) is 0 Å². The minimum absolute atomic E-state index is 0.400. The molecular formula is C9H10BrNO2S. The molecule has 0 amide bonds. The molecule has 1 atom stereocenters. The molecule has 1 aliphatic carbocycles. The topological polar surface area (TPSA) is 49.3 Å². The van der Waals surface area contributed by atoms with Gasteiger partial charge in [-0.25, -0.2) is 0 Å². The molecule has 0 saturated heterocycles. The summed E-state index contributed by atoms with van der Waals surface area (Å²) in [5.41, 5.74) is 0. The fraction of sp³-hybridized carbons (Fsp3) is 0.444. The highest BCUT2D eigenvalue weighted by molar-refractivity contribution is 9.11. The highest BCUT2D eigenvalue weighted by Crippen LogP contribution is 2.30. The van der Waals surface area contributed by atoms with Crippen molar-refractivity contribution in [1.29, 1.82) is 0 Å². The van der Waals surface area contributed by atoms with E-state index in [-0.39, 0.29) is 0 Å². The number of hydrogen-bond donors (Lipinski definition) is 2. The molecule has 2 N–H and O–H groups in total. The van der Waals surface area contributed by atoms with Gasteiger partial charge in [0, 0.05) is 10.9 Å². The van der Waals surface area contributed by atoms with Crippen LogP contribution in [0.1, 0.15) is 23.8 Å². The van der Waals surface area contributed by atoms with Gasteiger partial charge in [-0.1, -0.05) is 0 Å². The zero-order chi connectivity index (χ0) is 10.1. The van der Waals surface area contributed by atoms with E-state index >= 15 is 0 Å². The van der Waals surface area contributed by atoms with E-state index in [1.807, 2.05) is 12.1 Å². The summed E-state index contributed by atoms with van der Waals surface area (Å²) in [6.07, 6.45) is 2.19. The molecule has 5 heteroatoms.